The maximum absolute atomic E-state index is 14.2. The molecule has 204 valence electrons. The summed E-state index contributed by atoms with van der Waals surface area (Å²) in [6.45, 7) is 2.49. The molecule has 0 unspecified atom stereocenters. The molecule has 2 aliphatic carbocycles. The molecule has 2 bridgehead atoms. The maximum atomic E-state index is 14.2. The summed E-state index contributed by atoms with van der Waals surface area (Å²) in [5.74, 6) is -1.14. The first-order valence-corrected chi connectivity index (χ1v) is 14.6. The highest BCUT2D eigenvalue weighted by Crippen LogP contribution is 2.56. The Kier molecular flexibility index (Phi) is 6.93. The minimum absolute atomic E-state index is 0.00389. The number of nitrogens with zero attached hydrogens (tertiary/aromatic N) is 1. The summed E-state index contributed by atoms with van der Waals surface area (Å²) in [5, 5.41) is 6.27. The summed E-state index contributed by atoms with van der Waals surface area (Å²) < 4.78 is 12.0. The Morgan fingerprint density at radius 1 is 1.00 bits per heavy atom. The van der Waals surface area contributed by atoms with Crippen molar-refractivity contribution in [1.29, 1.82) is 0 Å². The van der Waals surface area contributed by atoms with Crippen LogP contribution in [0.3, 0.4) is 0 Å². The van der Waals surface area contributed by atoms with Gasteiger partial charge in [-0.25, -0.2) is 0 Å². The van der Waals surface area contributed by atoms with E-state index >= 15 is 0 Å². The second-order valence-electron chi connectivity index (χ2n) is 11.5. The largest absolute Gasteiger partial charge is 0.494 e. The number of benzene rings is 1. The smallest absolute Gasteiger partial charge is 0.246 e. The van der Waals surface area contributed by atoms with Gasteiger partial charge in [0.1, 0.15) is 17.4 Å². The van der Waals surface area contributed by atoms with Gasteiger partial charge in [0.25, 0.3) is 0 Å². The van der Waals surface area contributed by atoms with E-state index in [9.17, 15) is 14.4 Å². The Morgan fingerprint density at radius 2 is 1.68 bits per heavy atom. The fraction of sp³-hybridized carbons (Fsp3) is 0.633. The van der Waals surface area contributed by atoms with E-state index in [0.717, 1.165) is 63.5 Å². The van der Waals surface area contributed by atoms with Gasteiger partial charge in [-0.15, -0.1) is 0 Å². The van der Waals surface area contributed by atoms with E-state index in [1.807, 2.05) is 36.1 Å². The van der Waals surface area contributed by atoms with Gasteiger partial charge in [0.05, 0.1) is 24.5 Å². The van der Waals surface area contributed by atoms with Gasteiger partial charge >= 0.3 is 0 Å². The first-order chi connectivity index (χ1) is 18.5. The van der Waals surface area contributed by atoms with Gasteiger partial charge in [-0.05, 0) is 56.9 Å². The van der Waals surface area contributed by atoms with Gasteiger partial charge in [-0.2, -0.15) is 0 Å². The summed E-state index contributed by atoms with van der Waals surface area (Å²) in [5.41, 5.74) is -0.459. The second kappa shape index (κ2) is 10.4. The molecule has 4 fully saturated rings. The van der Waals surface area contributed by atoms with E-state index in [4.69, 9.17) is 9.47 Å². The Hall–Kier alpha value is -2.87. The number of rotatable bonds is 7. The van der Waals surface area contributed by atoms with E-state index in [2.05, 4.69) is 10.6 Å². The minimum atomic E-state index is -1.10. The Labute approximate surface area is 224 Å². The third-order valence-electron chi connectivity index (χ3n) is 9.22. The van der Waals surface area contributed by atoms with Crippen LogP contribution in [0.1, 0.15) is 71.1 Å². The number of carbonyl (C=O) groups is 3. The zero-order chi connectivity index (χ0) is 26.3. The molecule has 3 aliphatic heterocycles. The highest BCUT2D eigenvalue weighted by Gasteiger charge is 2.73. The molecule has 1 aromatic carbocycles. The van der Waals surface area contributed by atoms with Crippen LogP contribution in [0.5, 0.6) is 5.75 Å². The van der Waals surface area contributed by atoms with Crippen molar-refractivity contribution in [1.82, 2.24) is 10.2 Å². The number of nitrogens with one attached hydrogen (secondary N) is 2. The molecule has 1 aromatic rings. The van der Waals surface area contributed by atoms with E-state index in [1.54, 1.807) is 12.1 Å². The third kappa shape index (κ3) is 4.31. The van der Waals surface area contributed by atoms with E-state index in [0.29, 0.717) is 12.3 Å². The maximum Gasteiger partial charge on any atom is 0.246 e. The van der Waals surface area contributed by atoms with Gasteiger partial charge in [-0.3, -0.25) is 14.4 Å². The van der Waals surface area contributed by atoms with Crippen molar-refractivity contribution in [2.45, 2.75) is 101 Å². The van der Waals surface area contributed by atoms with Crippen molar-refractivity contribution < 1.29 is 23.9 Å². The lowest BCUT2D eigenvalue weighted by molar-refractivity contribution is -0.144. The van der Waals surface area contributed by atoms with Crippen molar-refractivity contribution in [2.24, 2.45) is 11.8 Å². The fourth-order valence-electron chi connectivity index (χ4n) is 7.51. The average Bonchev–Trinajstić information content (AvgIpc) is 3.58. The molecule has 2 saturated heterocycles. The number of likely N-dealkylation sites (tertiary alicyclic amines) is 1. The predicted octanol–water partition coefficient (Wildman–Crippen LogP) is 3.96. The first kappa shape index (κ1) is 25.4. The SMILES string of the molecule is CCOc1ccc(NC(=O)[C@@H]2[C@@H]3C=C[C@]4(O3)[C@@H]2C(=O)N(C2CCCCC2)[C@H]4C(=O)NC2CCCCC2)cc1. The summed E-state index contributed by atoms with van der Waals surface area (Å²) in [7, 11) is 0. The quantitative estimate of drug-likeness (QED) is 0.530. The van der Waals surface area contributed by atoms with Crippen molar-refractivity contribution in [3.05, 3.63) is 36.4 Å². The second-order valence-corrected chi connectivity index (χ2v) is 11.5. The molecule has 8 heteroatoms. The van der Waals surface area contributed by atoms with Crippen LogP contribution in [0.25, 0.3) is 0 Å². The number of amides is 3. The van der Waals surface area contributed by atoms with E-state index in [1.165, 1.54) is 6.42 Å². The summed E-state index contributed by atoms with van der Waals surface area (Å²) in [6.07, 6.45) is 13.7. The van der Waals surface area contributed by atoms with Crippen LogP contribution in [0, 0.1) is 11.8 Å². The number of hydrogen-bond acceptors (Lipinski definition) is 5. The molecule has 1 spiro atoms. The average molecular weight is 522 g/mol. The molecular formula is C30H39N3O5. The van der Waals surface area contributed by atoms with Crippen LogP contribution in [-0.2, 0) is 19.1 Å². The van der Waals surface area contributed by atoms with E-state index in [-0.39, 0.29) is 29.8 Å². The van der Waals surface area contributed by atoms with Crippen LogP contribution < -0.4 is 15.4 Å². The van der Waals surface area contributed by atoms with Gasteiger partial charge in [0, 0.05) is 17.8 Å². The lowest BCUT2D eigenvalue weighted by atomic mass is 9.74. The molecule has 5 aliphatic rings. The molecule has 3 heterocycles. The van der Waals surface area contributed by atoms with Crippen molar-refractivity contribution in [2.75, 3.05) is 11.9 Å². The monoisotopic (exact) mass is 521 g/mol. The molecule has 5 atom stereocenters. The van der Waals surface area contributed by atoms with E-state index < -0.39 is 29.6 Å². The zero-order valence-corrected chi connectivity index (χ0v) is 22.2. The summed E-state index contributed by atoms with van der Waals surface area (Å²) in [4.78, 5) is 43.6. The molecule has 2 saturated carbocycles. The predicted molar refractivity (Wildman–Crippen MR) is 142 cm³/mol. The molecule has 3 amide bonds. The number of carbonyl (C=O) groups excluding carboxylic acids is 3. The Bertz CT molecular complexity index is 1090. The topological polar surface area (TPSA) is 97.0 Å². The van der Waals surface area contributed by atoms with Gasteiger partial charge < -0.3 is 25.0 Å². The molecular weight excluding hydrogens is 482 g/mol. The summed E-state index contributed by atoms with van der Waals surface area (Å²) in [6, 6.07) is 6.63. The zero-order valence-electron chi connectivity index (χ0n) is 22.2. The number of hydrogen-bond donors (Lipinski definition) is 2. The van der Waals surface area contributed by atoms with Crippen LogP contribution in [0.2, 0.25) is 0 Å². The Balaban J connectivity index is 1.28. The van der Waals surface area contributed by atoms with Gasteiger partial charge in [-0.1, -0.05) is 50.7 Å². The van der Waals surface area contributed by atoms with Gasteiger partial charge in [0.15, 0.2) is 0 Å². The number of fused-ring (bicyclic) bond motifs is 1. The molecule has 0 aromatic heterocycles. The van der Waals surface area contributed by atoms with Crippen LogP contribution in [-0.4, -0.2) is 59.1 Å². The Morgan fingerprint density at radius 3 is 2.37 bits per heavy atom. The third-order valence-corrected chi connectivity index (χ3v) is 9.22. The van der Waals surface area contributed by atoms with Crippen LogP contribution in [0.15, 0.2) is 36.4 Å². The van der Waals surface area contributed by atoms with Crippen molar-refractivity contribution >= 4 is 23.4 Å². The molecule has 38 heavy (non-hydrogen) atoms. The van der Waals surface area contributed by atoms with Crippen molar-refractivity contribution in [3.8, 4) is 5.75 Å². The van der Waals surface area contributed by atoms with Crippen LogP contribution >= 0.6 is 0 Å². The number of anilines is 1. The van der Waals surface area contributed by atoms with Crippen molar-refractivity contribution in [3.63, 3.8) is 0 Å². The summed E-state index contributed by atoms with van der Waals surface area (Å²) >= 11 is 0. The lowest BCUT2D eigenvalue weighted by Gasteiger charge is -2.39. The minimum Gasteiger partial charge on any atom is -0.494 e. The van der Waals surface area contributed by atoms with Crippen LogP contribution in [0.4, 0.5) is 5.69 Å². The molecule has 0 radical (unpaired) electrons. The molecule has 2 N–H and O–H groups in total. The first-order valence-electron chi connectivity index (χ1n) is 14.6. The number of ether oxygens (including phenoxy) is 2. The highest BCUT2D eigenvalue weighted by atomic mass is 16.5. The normalized spacial score (nSPS) is 32.9. The van der Waals surface area contributed by atoms with Gasteiger partial charge in [0.2, 0.25) is 17.7 Å². The molecule has 6 rings (SSSR count). The standard InChI is InChI=1S/C30H39N3O5/c1-2-37-22-15-13-20(14-16-22)31-27(34)24-23-17-18-30(38-23)25(24)29(36)33(21-11-7-4-8-12-21)26(30)28(35)32-19-9-5-3-6-10-19/h13-19,21,23-26H,2-12H2,1H3,(H,31,34)(H,32,35)/t23-,24+,25-,26-,30-/m0/s1. The molecule has 8 nitrogen and oxygen atoms in total. The fourth-order valence-corrected chi connectivity index (χ4v) is 7.51. The lowest BCUT2D eigenvalue weighted by Crippen LogP contribution is -2.58. The highest BCUT2D eigenvalue weighted by molar-refractivity contribution is 6.03.